The molecule has 0 fully saturated rings. The van der Waals surface area contributed by atoms with Gasteiger partial charge in [-0.15, -0.1) is 0 Å². The molecule has 0 atom stereocenters. The second-order valence-corrected chi connectivity index (χ2v) is 8.84. The molecule has 0 aliphatic rings. The quantitative estimate of drug-likeness (QED) is 0.469. The van der Waals surface area contributed by atoms with E-state index in [0.717, 1.165) is 6.08 Å². The van der Waals surface area contributed by atoms with Crippen LogP contribution in [0.25, 0.3) is 17.0 Å². The van der Waals surface area contributed by atoms with Crippen LogP contribution in [0.3, 0.4) is 0 Å². The Morgan fingerprint density at radius 3 is 2.57 bits per heavy atom. The Morgan fingerprint density at radius 2 is 1.86 bits per heavy atom. The summed E-state index contributed by atoms with van der Waals surface area (Å²) in [7, 11) is -4.13. The van der Waals surface area contributed by atoms with Crippen molar-refractivity contribution in [1.29, 1.82) is 0 Å². The van der Waals surface area contributed by atoms with E-state index >= 15 is 0 Å². The Labute approximate surface area is 170 Å². The highest BCUT2D eigenvalue weighted by molar-refractivity contribution is 7.92. The average molecular weight is 437 g/mol. The first-order valence-electron chi connectivity index (χ1n) is 7.97. The van der Waals surface area contributed by atoms with Gasteiger partial charge in [-0.3, -0.25) is 9.59 Å². The predicted molar refractivity (Wildman–Crippen MR) is 112 cm³/mol. The van der Waals surface area contributed by atoms with Gasteiger partial charge in [0.2, 0.25) is 0 Å². The van der Waals surface area contributed by atoms with Gasteiger partial charge in [-0.2, -0.15) is 0 Å². The molecule has 0 radical (unpaired) electrons. The third-order valence-electron chi connectivity index (χ3n) is 3.92. The number of hydrogen-bond acceptors (Lipinski definition) is 5. The average Bonchev–Trinajstić information content (AvgIpc) is 2.61. The van der Waals surface area contributed by atoms with E-state index in [0.29, 0.717) is 32.2 Å². The van der Waals surface area contributed by atoms with Crippen LogP contribution in [0.4, 0.5) is 5.69 Å². The first kappa shape index (κ1) is 20.1. The lowest BCUT2D eigenvalue weighted by molar-refractivity contribution is -0.112. The van der Waals surface area contributed by atoms with E-state index in [4.69, 9.17) is 28.9 Å². The molecule has 0 saturated heterocycles. The molecule has 28 heavy (non-hydrogen) atoms. The minimum Gasteiger partial charge on any atom is -0.398 e. The van der Waals surface area contributed by atoms with Crippen molar-refractivity contribution in [3.05, 3.63) is 74.5 Å². The molecular weight excluding hydrogens is 423 g/mol. The molecule has 6 nitrogen and oxygen atoms in total. The fraction of sp³-hybridized carbons (Fsp3) is 0.0526. The number of aromatic amines is 1. The van der Waals surface area contributed by atoms with Crippen LogP contribution in [0, 0.1) is 0 Å². The number of pyridine rings is 1. The second-order valence-electron chi connectivity index (χ2n) is 6.03. The highest BCUT2D eigenvalue weighted by atomic mass is 35.5. The molecule has 3 N–H and O–H groups in total. The minimum absolute atomic E-state index is 0.340. The molecule has 0 unspecified atom stereocenters. The summed E-state index contributed by atoms with van der Waals surface area (Å²) in [5.74, 6) is -1.52. The van der Waals surface area contributed by atoms with E-state index in [1.807, 2.05) is 0 Å². The van der Waals surface area contributed by atoms with Crippen LogP contribution in [0.1, 0.15) is 5.56 Å². The summed E-state index contributed by atoms with van der Waals surface area (Å²) in [5, 5.41) is 1.27. The van der Waals surface area contributed by atoms with Gasteiger partial charge in [0.15, 0.2) is 15.6 Å². The number of anilines is 1. The molecule has 0 aliphatic heterocycles. The number of H-pyrrole nitrogens is 1. The van der Waals surface area contributed by atoms with Crippen LogP contribution in [0.15, 0.2) is 58.2 Å². The van der Waals surface area contributed by atoms with Gasteiger partial charge in [0.25, 0.3) is 5.56 Å². The first-order chi connectivity index (χ1) is 13.2. The Balaban J connectivity index is 1.85. The van der Waals surface area contributed by atoms with Gasteiger partial charge < -0.3 is 10.7 Å². The molecule has 3 rings (SSSR count). The number of rotatable bonds is 5. The molecule has 1 aromatic heterocycles. The zero-order chi connectivity index (χ0) is 20.5. The number of allylic oxidation sites excluding steroid dienone is 1. The van der Waals surface area contributed by atoms with Crippen LogP contribution in [-0.4, -0.2) is 24.9 Å². The molecular formula is C19H14Cl2N2O4S. The monoisotopic (exact) mass is 436 g/mol. The molecule has 0 spiro atoms. The van der Waals surface area contributed by atoms with Crippen molar-refractivity contribution in [2.24, 2.45) is 0 Å². The highest BCUT2D eigenvalue weighted by Gasteiger charge is 2.22. The number of hydrogen-bond donors (Lipinski definition) is 2. The molecule has 2 aromatic carbocycles. The van der Waals surface area contributed by atoms with E-state index in [1.54, 1.807) is 30.3 Å². The van der Waals surface area contributed by atoms with Crippen LogP contribution in [0.2, 0.25) is 10.0 Å². The fourth-order valence-corrected chi connectivity index (χ4v) is 4.11. The zero-order valence-electron chi connectivity index (χ0n) is 14.3. The Kier molecular flexibility index (Phi) is 5.60. The first-order valence-corrected chi connectivity index (χ1v) is 10.4. The largest absolute Gasteiger partial charge is 0.398 e. The number of nitrogen functional groups attached to an aromatic ring is 1. The number of carbonyl (C=O) groups is 1. The van der Waals surface area contributed by atoms with Crippen LogP contribution in [-0.2, 0) is 14.6 Å². The Morgan fingerprint density at radius 1 is 1.11 bits per heavy atom. The maximum absolute atomic E-state index is 12.5. The molecule has 3 aromatic rings. The molecule has 144 valence electrons. The van der Waals surface area contributed by atoms with Gasteiger partial charge in [0.05, 0.1) is 10.7 Å². The Bertz CT molecular complexity index is 1280. The number of nitrogens with one attached hydrogen (secondary N) is 1. The number of halogens is 2. The summed E-state index contributed by atoms with van der Waals surface area (Å²) >= 11 is 11.7. The van der Waals surface area contributed by atoms with E-state index < -0.39 is 31.8 Å². The zero-order valence-corrected chi connectivity index (χ0v) is 16.6. The van der Waals surface area contributed by atoms with E-state index in [1.165, 1.54) is 18.2 Å². The van der Waals surface area contributed by atoms with Crippen LogP contribution in [0.5, 0.6) is 0 Å². The maximum Gasteiger partial charge on any atom is 0.267 e. The van der Waals surface area contributed by atoms with Crippen molar-refractivity contribution < 1.29 is 13.2 Å². The fourth-order valence-electron chi connectivity index (χ4n) is 2.55. The predicted octanol–water partition coefficient (Wildman–Crippen LogP) is 3.47. The molecule has 9 heteroatoms. The van der Waals surface area contributed by atoms with Crippen LogP contribution >= 0.6 is 23.2 Å². The lowest BCUT2D eigenvalue weighted by Gasteiger charge is -2.04. The van der Waals surface area contributed by atoms with Crippen molar-refractivity contribution >= 4 is 61.5 Å². The van der Waals surface area contributed by atoms with E-state index in [-0.39, 0.29) is 0 Å². The van der Waals surface area contributed by atoms with Gasteiger partial charge in [0, 0.05) is 10.5 Å². The third kappa shape index (κ3) is 4.44. The van der Waals surface area contributed by atoms with Gasteiger partial charge in [-0.1, -0.05) is 41.4 Å². The van der Waals surface area contributed by atoms with Crippen molar-refractivity contribution in [3.8, 4) is 0 Å². The van der Waals surface area contributed by atoms with Crippen molar-refractivity contribution in [2.45, 2.75) is 4.90 Å². The van der Waals surface area contributed by atoms with Crippen LogP contribution < -0.4 is 11.3 Å². The molecule has 0 bridgehead atoms. The summed E-state index contributed by atoms with van der Waals surface area (Å²) in [4.78, 5) is 26.3. The van der Waals surface area contributed by atoms with Crippen molar-refractivity contribution in [2.75, 3.05) is 11.5 Å². The molecule has 0 saturated carbocycles. The number of sulfone groups is 1. The highest BCUT2D eigenvalue weighted by Crippen LogP contribution is 2.21. The number of fused-ring (bicyclic) bond motifs is 1. The number of ketones is 1. The SMILES string of the molecule is Nc1cc(/C=C/C(=O)CS(=O)(=O)c2cc3ccc(Cl)cc3[nH]c2=O)ccc1Cl. The molecule has 1 heterocycles. The summed E-state index contributed by atoms with van der Waals surface area (Å²) in [6.07, 6.45) is 2.55. The van der Waals surface area contributed by atoms with Crippen molar-refractivity contribution in [3.63, 3.8) is 0 Å². The second kappa shape index (κ2) is 7.79. The molecule has 0 aliphatic carbocycles. The standard InChI is InChI=1S/C19H14Cl2N2O4S/c20-13-4-3-12-8-18(19(25)23-17(12)9-13)28(26,27)10-14(24)5-1-11-2-6-15(21)16(22)7-11/h1-9H,10,22H2,(H,23,25)/b5-1+. The van der Waals surface area contributed by atoms with Gasteiger partial charge in [-0.25, -0.2) is 8.42 Å². The Hall–Kier alpha value is -2.61. The van der Waals surface area contributed by atoms with Gasteiger partial charge in [0.1, 0.15) is 10.6 Å². The number of nitrogens with two attached hydrogens (primary N) is 1. The smallest absolute Gasteiger partial charge is 0.267 e. The van der Waals surface area contributed by atoms with E-state index in [9.17, 15) is 18.0 Å². The summed E-state index contributed by atoms with van der Waals surface area (Å²) in [6.45, 7) is 0. The molecule has 0 amide bonds. The summed E-state index contributed by atoms with van der Waals surface area (Å²) < 4.78 is 25.1. The number of aromatic nitrogens is 1. The normalized spacial score (nSPS) is 11.9. The summed E-state index contributed by atoms with van der Waals surface area (Å²) in [6, 6.07) is 10.7. The summed E-state index contributed by atoms with van der Waals surface area (Å²) in [5.41, 5.74) is 6.21. The lowest BCUT2D eigenvalue weighted by atomic mass is 10.2. The van der Waals surface area contributed by atoms with Gasteiger partial charge in [-0.05, 0) is 47.4 Å². The lowest BCUT2D eigenvalue weighted by Crippen LogP contribution is -2.22. The van der Waals surface area contributed by atoms with Crippen molar-refractivity contribution in [1.82, 2.24) is 4.98 Å². The topological polar surface area (TPSA) is 110 Å². The van der Waals surface area contributed by atoms with Gasteiger partial charge >= 0.3 is 0 Å². The maximum atomic E-state index is 12.5. The third-order valence-corrected chi connectivity index (χ3v) is 6.14. The van der Waals surface area contributed by atoms with E-state index in [2.05, 4.69) is 4.98 Å². The minimum atomic E-state index is -4.13. The number of benzene rings is 2. The number of carbonyl (C=O) groups excluding carboxylic acids is 1.